The third kappa shape index (κ3) is 4.45. The van der Waals surface area contributed by atoms with E-state index in [0.717, 1.165) is 11.3 Å². The van der Waals surface area contributed by atoms with Crippen LogP contribution in [-0.4, -0.2) is 15.7 Å². The molecule has 1 amide bonds. The van der Waals surface area contributed by atoms with E-state index in [1.54, 1.807) is 6.20 Å². The lowest BCUT2D eigenvalue weighted by atomic mass is 9.92. The molecule has 27 heavy (non-hydrogen) atoms. The highest BCUT2D eigenvalue weighted by Crippen LogP contribution is 2.32. The average molecular weight is 361 g/mol. The molecule has 0 unspecified atom stereocenters. The third-order valence-corrected chi connectivity index (χ3v) is 4.73. The second-order valence-corrected chi connectivity index (χ2v) is 7.48. The molecule has 0 bridgehead atoms. The van der Waals surface area contributed by atoms with Crippen molar-refractivity contribution in [3.05, 3.63) is 83.2 Å². The molecule has 0 spiro atoms. The number of hydrogen-bond donors (Lipinski definition) is 1. The number of benzene rings is 2. The zero-order chi connectivity index (χ0) is 19.4. The molecule has 0 radical (unpaired) electrons. The van der Waals surface area contributed by atoms with Crippen molar-refractivity contribution >= 4 is 11.6 Å². The van der Waals surface area contributed by atoms with Crippen molar-refractivity contribution in [3.63, 3.8) is 0 Å². The average Bonchev–Trinajstić information content (AvgIpc) is 3.15. The molecular formula is C23H27N3O. The molecule has 0 aliphatic carbocycles. The Bertz CT molecular complexity index is 868. The maximum atomic E-state index is 12.9. The van der Waals surface area contributed by atoms with E-state index in [0.29, 0.717) is 23.9 Å². The minimum Gasteiger partial charge on any atom is -0.321 e. The SMILES string of the molecule is CC(C)c1cccc(C(C)C)c1NC(=O)c1ccc(Cn2cccn2)cc1. The van der Waals surface area contributed by atoms with Crippen LogP contribution in [0.3, 0.4) is 0 Å². The minimum absolute atomic E-state index is 0.0735. The van der Waals surface area contributed by atoms with E-state index in [2.05, 4.69) is 56.3 Å². The van der Waals surface area contributed by atoms with Gasteiger partial charge in [-0.2, -0.15) is 5.10 Å². The van der Waals surface area contributed by atoms with Crippen LogP contribution in [0.2, 0.25) is 0 Å². The first kappa shape index (κ1) is 18.9. The summed E-state index contributed by atoms with van der Waals surface area (Å²) in [6.07, 6.45) is 3.69. The van der Waals surface area contributed by atoms with Gasteiger partial charge in [-0.15, -0.1) is 0 Å². The van der Waals surface area contributed by atoms with Crippen LogP contribution in [-0.2, 0) is 6.54 Å². The highest BCUT2D eigenvalue weighted by molar-refractivity contribution is 6.05. The molecule has 2 aromatic carbocycles. The number of carbonyl (C=O) groups excluding carboxylic acids is 1. The number of carbonyl (C=O) groups is 1. The quantitative estimate of drug-likeness (QED) is 0.636. The predicted molar refractivity (Wildman–Crippen MR) is 110 cm³/mol. The Kier molecular flexibility index (Phi) is 5.75. The molecule has 1 N–H and O–H groups in total. The van der Waals surface area contributed by atoms with E-state index in [9.17, 15) is 4.79 Å². The number of aromatic nitrogens is 2. The predicted octanol–water partition coefficient (Wildman–Crippen LogP) is 5.43. The van der Waals surface area contributed by atoms with Crippen LogP contribution >= 0.6 is 0 Å². The zero-order valence-corrected chi connectivity index (χ0v) is 16.4. The van der Waals surface area contributed by atoms with Gasteiger partial charge in [-0.05, 0) is 46.7 Å². The maximum absolute atomic E-state index is 12.9. The first-order chi connectivity index (χ1) is 13.0. The molecule has 1 aromatic heterocycles. The molecule has 1 heterocycles. The van der Waals surface area contributed by atoms with E-state index in [1.807, 2.05) is 41.2 Å². The molecule has 4 heteroatoms. The van der Waals surface area contributed by atoms with Gasteiger partial charge >= 0.3 is 0 Å². The van der Waals surface area contributed by atoms with E-state index in [4.69, 9.17) is 0 Å². The molecular weight excluding hydrogens is 334 g/mol. The molecule has 3 rings (SSSR count). The van der Waals surface area contributed by atoms with Crippen molar-refractivity contribution < 1.29 is 4.79 Å². The van der Waals surface area contributed by atoms with Crippen molar-refractivity contribution in [3.8, 4) is 0 Å². The van der Waals surface area contributed by atoms with Crippen LogP contribution in [0.5, 0.6) is 0 Å². The molecule has 0 saturated heterocycles. The summed E-state index contributed by atoms with van der Waals surface area (Å²) in [6.45, 7) is 9.30. The second-order valence-electron chi connectivity index (χ2n) is 7.48. The van der Waals surface area contributed by atoms with Gasteiger partial charge in [0, 0.05) is 23.6 Å². The van der Waals surface area contributed by atoms with Gasteiger partial charge in [0.25, 0.3) is 5.91 Å². The van der Waals surface area contributed by atoms with E-state index in [-0.39, 0.29) is 5.91 Å². The fraction of sp³-hybridized carbons (Fsp3) is 0.304. The topological polar surface area (TPSA) is 46.9 Å². The van der Waals surface area contributed by atoms with Crippen molar-refractivity contribution in [1.82, 2.24) is 9.78 Å². The number of para-hydroxylation sites is 1. The van der Waals surface area contributed by atoms with Gasteiger partial charge in [0.2, 0.25) is 0 Å². The lowest BCUT2D eigenvalue weighted by Gasteiger charge is -2.20. The Labute approximate surface area is 161 Å². The molecule has 0 fully saturated rings. The largest absolute Gasteiger partial charge is 0.321 e. The summed E-state index contributed by atoms with van der Waals surface area (Å²) < 4.78 is 1.86. The number of hydrogen-bond acceptors (Lipinski definition) is 2. The summed E-state index contributed by atoms with van der Waals surface area (Å²) in [5.41, 5.74) is 5.07. The van der Waals surface area contributed by atoms with Crippen LogP contribution in [0.15, 0.2) is 60.9 Å². The monoisotopic (exact) mass is 361 g/mol. The number of anilines is 1. The molecule has 0 aliphatic heterocycles. The molecule has 4 nitrogen and oxygen atoms in total. The lowest BCUT2D eigenvalue weighted by molar-refractivity contribution is 0.102. The fourth-order valence-electron chi connectivity index (χ4n) is 3.22. The Hall–Kier alpha value is -2.88. The Morgan fingerprint density at radius 3 is 2.11 bits per heavy atom. The van der Waals surface area contributed by atoms with Gasteiger partial charge in [-0.3, -0.25) is 9.48 Å². The second kappa shape index (κ2) is 8.21. The molecule has 3 aromatic rings. The minimum atomic E-state index is -0.0735. The Balaban J connectivity index is 1.81. The van der Waals surface area contributed by atoms with Crippen LogP contribution in [0.1, 0.15) is 66.6 Å². The van der Waals surface area contributed by atoms with Crippen LogP contribution in [0.4, 0.5) is 5.69 Å². The number of rotatable bonds is 6. The highest BCUT2D eigenvalue weighted by Gasteiger charge is 2.16. The van der Waals surface area contributed by atoms with Gasteiger partial charge in [-0.25, -0.2) is 0 Å². The summed E-state index contributed by atoms with van der Waals surface area (Å²) in [5.74, 6) is 0.613. The van der Waals surface area contributed by atoms with Crippen molar-refractivity contribution in [2.24, 2.45) is 0 Å². The molecule has 140 valence electrons. The van der Waals surface area contributed by atoms with E-state index < -0.39 is 0 Å². The smallest absolute Gasteiger partial charge is 0.255 e. The van der Waals surface area contributed by atoms with Crippen LogP contribution in [0, 0.1) is 0 Å². The first-order valence-corrected chi connectivity index (χ1v) is 9.46. The maximum Gasteiger partial charge on any atom is 0.255 e. The molecule has 0 atom stereocenters. The van der Waals surface area contributed by atoms with Gasteiger partial charge in [0.1, 0.15) is 0 Å². The lowest BCUT2D eigenvalue weighted by Crippen LogP contribution is -2.16. The van der Waals surface area contributed by atoms with Gasteiger partial charge in [-0.1, -0.05) is 58.0 Å². The number of nitrogens with zero attached hydrogens (tertiary/aromatic N) is 2. The fourth-order valence-corrected chi connectivity index (χ4v) is 3.22. The van der Waals surface area contributed by atoms with Gasteiger partial charge in [0.05, 0.1) is 6.54 Å². The summed E-state index contributed by atoms with van der Waals surface area (Å²) in [4.78, 5) is 12.9. The summed E-state index contributed by atoms with van der Waals surface area (Å²) in [5, 5.41) is 7.38. The zero-order valence-electron chi connectivity index (χ0n) is 16.4. The summed E-state index contributed by atoms with van der Waals surface area (Å²) >= 11 is 0. The van der Waals surface area contributed by atoms with Crippen LogP contribution in [0.25, 0.3) is 0 Å². The summed E-state index contributed by atoms with van der Waals surface area (Å²) in [7, 11) is 0. The van der Waals surface area contributed by atoms with Crippen LogP contribution < -0.4 is 5.32 Å². The Morgan fingerprint density at radius 2 is 1.59 bits per heavy atom. The van der Waals surface area contributed by atoms with Crippen molar-refractivity contribution in [2.45, 2.75) is 46.1 Å². The van der Waals surface area contributed by atoms with Crippen molar-refractivity contribution in [1.29, 1.82) is 0 Å². The number of nitrogens with one attached hydrogen (secondary N) is 1. The third-order valence-electron chi connectivity index (χ3n) is 4.73. The van der Waals surface area contributed by atoms with Gasteiger partial charge < -0.3 is 5.32 Å². The molecule has 0 aliphatic rings. The highest BCUT2D eigenvalue weighted by atomic mass is 16.1. The first-order valence-electron chi connectivity index (χ1n) is 9.46. The van der Waals surface area contributed by atoms with E-state index >= 15 is 0 Å². The number of amides is 1. The summed E-state index contributed by atoms with van der Waals surface area (Å²) in [6, 6.07) is 15.9. The van der Waals surface area contributed by atoms with E-state index in [1.165, 1.54) is 11.1 Å². The molecule has 0 saturated carbocycles. The standard InChI is InChI=1S/C23H27N3O/c1-16(2)20-7-5-8-21(17(3)4)22(20)25-23(27)19-11-9-18(10-12-19)15-26-14-6-13-24-26/h5-14,16-17H,15H2,1-4H3,(H,25,27). The normalized spacial score (nSPS) is 11.2. The Morgan fingerprint density at radius 1 is 0.963 bits per heavy atom. The van der Waals surface area contributed by atoms with Gasteiger partial charge in [0.15, 0.2) is 0 Å². The van der Waals surface area contributed by atoms with Crippen molar-refractivity contribution in [2.75, 3.05) is 5.32 Å².